The van der Waals surface area contributed by atoms with Crippen molar-refractivity contribution in [2.75, 3.05) is 13.1 Å². The van der Waals surface area contributed by atoms with E-state index >= 15 is 0 Å². The van der Waals surface area contributed by atoms with Crippen molar-refractivity contribution in [2.24, 2.45) is 11.8 Å². The highest BCUT2D eigenvalue weighted by Crippen LogP contribution is 2.18. The molecule has 0 unspecified atom stereocenters. The monoisotopic (exact) mass is 296 g/mol. The largest absolute Gasteiger partial charge is 0.352 e. The van der Waals surface area contributed by atoms with Crippen molar-refractivity contribution in [3.8, 4) is 0 Å². The van der Waals surface area contributed by atoms with Gasteiger partial charge in [0.1, 0.15) is 0 Å². The highest BCUT2D eigenvalue weighted by Gasteiger charge is 2.29. The maximum Gasteiger partial charge on any atom is 0.224 e. The highest BCUT2D eigenvalue weighted by atomic mass is 79.9. The average Bonchev–Trinajstić information content (AvgIpc) is 2.74. The predicted molar refractivity (Wildman–Crippen MR) is 71.5 cm³/mol. The van der Waals surface area contributed by atoms with E-state index < -0.39 is 0 Å². The molecule has 1 aromatic carbocycles. The fourth-order valence-corrected chi connectivity index (χ4v) is 2.54. The van der Waals surface area contributed by atoms with Gasteiger partial charge >= 0.3 is 0 Å². The lowest BCUT2D eigenvalue weighted by Gasteiger charge is -2.14. The molecule has 1 fully saturated rings. The van der Waals surface area contributed by atoms with E-state index in [1.165, 1.54) is 0 Å². The van der Waals surface area contributed by atoms with Crippen LogP contribution in [0.3, 0.4) is 0 Å². The summed E-state index contributed by atoms with van der Waals surface area (Å²) in [6.45, 7) is 4.43. The Morgan fingerprint density at radius 2 is 2.24 bits per heavy atom. The normalized spacial score (nSPS) is 23.6. The van der Waals surface area contributed by atoms with Crippen LogP contribution in [-0.4, -0.2) is 19.0 Å². The van der Waals surface area contributed by atoms with Crippen LogP contribution in [0.1, 0.15) is 12.5 Å². The SMILES string of the molecule is C[C@@H]1CNC[C@H]1C(=O)NCc1ccccc1Br. The van der Waals surface area contributed by atoms with Crippen LogP contribution in [0.15, 0.2) is 28.7 Å². The molecule has 2 N–H and O–H groups in total. The van der Waals surface area contributed by atoms with Gasteiger partial charge in [0.2, 0.25) is 5.91 Å². The molecule has 92 valence electrons. The number of benzene rings is 1. The van der Waals surface area contributed by atoms with Crippen molar-refractivity contribution in [1.82, 2.24) is 10.6 Å². The molecule has 0 bridgehead atoms. The summed E-state index contributed by atoms with van der Waals surface area (Å²) in [4.78, 5) is 12.0. The summed E-state index contributed by atoms with van der Waals surface area (Å²) in [7, 11) is 0. The van der Waals surface area contributed by atoms with Crippen LogP contribution in [0.4, 0.5) is 0 Å². The van der Waals surface area contributed by atoms with Crippen LogP contribution < -0.4 is 10.6 Å². The molecule has 1 aliphatic heterocycles. The first-order valence-corrected chi connectivity index (χ1v) is 6.69. The topological polar surface area (TPSA) is 41.1 Å². The second kappa shape index (κ2) is 5.65. The molecule has 2 atom stereocenters. The first kappa shape index (κ1) is 12.6. The van der Waals surface area contributed by atoms with Crippen molar-refractivity contribution in [3.63, 3.8) is 0 Å². The lowest BCUT2D eigenvalue weighted by molar-refractivity contribution is -0.125. The highest BCUT2D eigenvalue weighted by molar-refractivity contribution is 9.10. The number of halogens is 1. The molecular weight excluding hydrogens is 280 g/mol. The molecule has 0 saturated carbocycles. The number of carbonyl (C=O) groups is 1. The van der Waals surface area contributed by atoms with Gasteiger partial charge in [0.15, 0.2) is 0 Å². The Hall–Kier alpha value is -0.870. The summed E-state index contributed by atoms with van der Waals surface area (Å²) in [5.41, 5.74) is 1.11. The number of hydrogen-bond donors (Lipinski definition) is 2. The van der Waals surface area contributed by atoms with Gasteiger partial charge < -0.3 is 10.6 Å². The minimum absolute atomic E-state index is 0.109. The van der Waals surface area contributed by atoms with E-state index in [-0.39, 0.29) is 11.8 Å². The van der Waals surface area contributed by atoms with Gasteiger partial charge in [0.25, 0.3) is 0 Å². The van der Waals surface area contributed by atoms with Crippen molar-refractivity contribution in [1.29, 1.82) is 0 Å². The minimum atomic E-state index is 0.109. The summed E-state index contributed by atoms with van der Waals surface area (Å²) in [6.07, 6.45) is 0. The molecule has 0 aliphatic carbocycles. The molecule has 17 heavy (non-hydrogen) atoms. The number of carbonyl (C=O) groups excluding carboxylic acids is 1. The summed E-state index contributed by atoms with van der Waals surface area (Å²) in [5.74, 6) is 0.685. The maximum absolute atomic E-state index is 12.0. The first-order valence-electron chi connectivity index (χ1n) is 5.90. The average molecular weight is 297 g/mol. The van der Waals surface area contributed by atoms with Crippen LogP contribution in [0.2, 0.25) is 0 Å². The molecule has 3 nitrogen and oxygen atoms in total. The molecule has 2 rings (SSSR count). The molecule has 1 aromatic rings. The summed E-state index contributed by atoms with van der Waals surface area (Å²) in [6, 6.07) is 7.95. The Kier molecular flexibility index (Phi) is 4.18. The van der Waals surface area contributed by atoms with Crippen molar-refractivity contribution in [3.05, 3.63) is 34.3 Å². The van der Waals surface area contributed by atoms with Gasteiger partial charge in [-0.25, -0.2) is 0 Å². The van der Waals surface area contributed by atoms with Crippen LogP contribution in [-0.2, 0) is 11.3 Å². The van der Waals surface area contributed by atoms with E-state index in [1.807, 2.05) is 24.3 Å². The number of rotatable bonds is 3. The first-order chi connectivity index (χ1) is 8.18. The van der Waals surface area contributed by atoms with Gasteiger partial charge in [-0.05, 0) is 24.1 Å². The fraction of sp³-hybridized carbons (Fsp3) is 0.462. The second-order valence-electron chi connectivity index (χ2n) is 4.55. The minimum Gasteiger partial charge on any atom is -0.352 e. The summed E-state index contributed by atoms with van der Waals surface area (Å²) >= 11 is 3.48. The van der Waals surface area contributed by atoms with E-state index in [0.29, 0.717) is 12.5 Å². The van der Waals surface area contributed by atoms with Crippen molar-refractivity contribution in [2.45, 2.75) is 13.5 Å². The molecule has 0 radical (unpaired) electrons. The van der Waals surface area contributed by atoms with E-state index in [1.54, 1.807) is 0 Å². The number of amides is 1. The Bertz CT molecular complexity index is 408. The van der Waals surface area contributed by atoms with Crippen LogP contribution >= 0.6 is 15.9 Å². The third-order valence-electron chi connectivity index (χ3n) is 3.27. The van der Waals surface area contributed by atoms with E-state index in [9.17, 15) is 4.79 Å². The Morgan fingerprint density at radius 1 is 1.47 bits per heavy atom. The van der Waals surface area contributed by atoms with Gasteiger partial charge in [-0.15, -0.1) is 0 Å². The second-order valence-corrected chi connectivity index (χ2v) is 5.41. The zero-order valence-electron chi connectivity index (χ0n) is 9.87. The van der Waals surface area contributed by atoms with Gasteiger partial charge in [-0.2, -0.15) is 0 Å². The number of nitrogens with one attached hydrogen (secondary N) is 2. The van der Waals surface area contributed by atoms with Gasteiger partial charge in [-0.3, -0.25) is 4.79 Å². The Balaban J connectivity index is 1.90. The summed E-state index contributed by atoms with van der Waals surface area (Å²) in [5, 5.41) is 6.25. The lowest BCUT2D eigenvalue weighted by Crippen LogP contribution is -2.33. The Morgan fingerprint density at radius 3 is 2.88 bits per heavy atom. The third kappa shape index (κ3) is 3.07. The standard InChI is InChI=1S/C13H17BrN2O/c1-9-6-15-8-11(9)13(17)16-7-10-4-2-3-5-12(10)14/h2-5,9,11,15H,6-8H2,1H3,(H,16,17)/t9-,11-/m1/s1. The molecule has 1 saturated heterocycles. The number of hydrogen-bond acceptors (Lipinski definition) is 2. The van der Waals surface area contributed by atoms with E-state index in [4.69, 9.17) is 0 Å². The van der Waals surface area contributed by atoms with Crippen LogP contribution in [0.5, 0.6) is 0 Å². The zero-order chi connectivity index (χ0) is 12.3. The quantitative estimate of drug-likeness (QED) is 0.895. The molecule has 1 heterocycles. The third-order valence-corrected chi connectivity index (χ3v) is 4.04. The van der Waals surface area contributed by atoms with Crippen LogP contribution in [0.25, 0.3) is 0 Å². The summed E-state index contributed by atoms with van der Waals surface area (Å²) < 4.78 is 1.04. The molecular formula is C13H17BrN2O. The van der Waals surface area contributed by atoms with E-state index in [2.05, 4.69) is 33.5 Å². The zero-order valence-corrected chi connectivity index (χ0v) is 11.5. The molecule has 0 aromatic heterocycles. The van der Waals surface area contributed by atoms with Gasteiger partial charge in [0.05, 0.1) is 5.92 Å². The van der Waals surface area contributed by atoms with E-state index in [0.717, 1.165) is 23.1 Å². The Labute approximate surface area is 110 Å². The molecule has 0 spiro atoms. The smallest absolute Gasteiger partial charge is 0.224 e. The van der Waals surface area contributed by atoms with Gasteiger partial charge in [-0.1, -0.05) is 41.1 Å². The fourth-order valence-electron chi connectivity index (χ4n) is 2.12. The van der Waals surface area contributed by atoms with Crippen molar-refractivity contribution >= 4 is 21.8 Å². The predicted octanol–water partition coefficient (Wildman–Crippen LogP) is 1.92. The molecule has 4 heteroatoms. The lowest BCUT2D eigenvalue weighted by atomic mass is 9.97. The maximum atomic E-state index is 12.0. The van der Waals surface area contributed by atoms with Gasteiger partial charge in [0, 0.05) is 17.6 Å². The van der Waals surface area contributed by atoms with Crippen LogP contribution in [0, 0.1) is 11.8 Å². The van der Waals surface area contributed by atoms with Crippen molar-refractivity contribution < 1.29 is 4.79 Å². The molecule has 1 amide bonds. The molecule has 1 aliphatic rings.